The third-order valence-electron chi connectivity index (χ3n) is 4.21. The van der Waals surface area contributed by atoms with E-state index in [1.165, 1.54) is 25.7 Å². The van der Waals surface area contributed by atoms with Gasteiger partial charge in [0.25, 0.3) is 5.85 Å². The standard InChI is InChI=1S/C15H27N5O2/c1-3-5-6-7-8-9-10-12-13(4-2)18-14-19(22)11-17-20(14)15(12,16)21/h11,18,21H,3-10,16H2,1-2H3. The van der Waals surface area contributed by atoms with Crippen molar-refractivity contribution >= 4 is 5.95 Å². The Labute approximate surface area is 131 Å². The number of allylic oxidation sites excluding steroid dienone is 1. The van der Waals surface area contributed by atoms with Crippen LogP contribution >= 0.6 is 0 Å². The fourth-order valence-electron chi connectivity index (χ4n) is 2.94. The van der Waals surface area contributed by atoms with E-state index in [0.717, 1.165) is 35.1 Å². The summed E-state index contributed by atoms with van der Waals surface area (Å²) >= 11 is 0. The Hall–Kier alpha value is -1.60. The van der Waals surface area contributed by atoms with Crippen molar-refractivity contribution in [2.24, 2.45) is 5.73 Å². The summed E-state index contributed by atoms with van der Waals surface area (Å²) in [6, 6.07) is 0. The minimum Gasteiger partial charge on any atom is -0.754 e. The molecule has 0 aliphatic carbocycles. The Morgan fingerprint density at radius 3 is 2.68 bits per heavy atom. The van der Waals surface area contributed by atoms with E-state index in [1.807, 2.05) is 6.92 Å². The average molecular weight is 309 g/mol. The van der Waals surface area contributed by atoms with Crippen LogP contribution < -0.4 is 15.8 Å². The SMILES string of the molecule is CCCCCCCCC1=C(CC)Nc2n(nc[n+]2[O-])C1(N)O. The fourth-order valence-corrected chi connectivity index (χ4v) is 2.94. The smallest absolute Gasteiger partial charge is 0.352 e. The molecule has 0 bridgehead atoms. The summed E-state index contributed by atoms with van der Waals surface area (Å²) in [4.78, 5) is 0. The first-order valence-electron chi connectivity index (χ1n) is 8.20. The number of fused-ring (bicyclic) bond motifs is 1. The molecule has 1 aliphatic rings. The van der Waals surface area contributed by atoms with E-state index in [4.69, 9.17) is 5.73 Å². The highest BCUT2D eigenvalue weighted by Gasteiger charge is 2.43. The van der Waals surface area contributed by atoms with E-state index < -0.39 is 5.85 Å². The summed E-state index contributed by atoms with van der Waals surface area (Å²) in [7, 11) is 0. The van der Waals surface area contributed by atoms with E-state index in [-0.39, 0.29) is 5.95 Å². The van der Waals surface area contributed by atoms with Crippen molar-refractivity contribution in [2.45, 2.75) is 71.1 Å². The fraction of sp³-hybridized carbons (Fsp3) is 0.733. The zero-order valence-corrected chi connectivity index (χ0v) is 13.5. The van der Waals surface area contributed by atoms with Crippen LogP contribution in [0, 0.1) is 5.21 Å². The quantitative estimate of drug-likeness (QED) is 0.294. The first kappa shape index (κ1) is 16.8. The lowest BCUT2D eigenvalue weighted by Crippen LogP contribution is -2.51. The number of unbranched alkanes of at least 4 members (excludes halogenated alkanes) is 5. The molecule has 0 saturated heterocycles. The lowest BCUT2D eigenvalue weighted by molar-refractivity contribution is -0.591. The summed E-state index contributed by atoms with van der Waals surface area (Å²) in [5, 5.41) is 29.3. The number of hydrogen-bond acceptors (Lipinski definition) is 5. The molecule has 7 nitrogen and oxygen atoms in total. The molecule has 0 saturated carbocycles. The van der Waals surface area contributed by atoms with Crippen LogP contribution in [0.4, 0.5) is 5.95 Å². The van der Waals surface area contributed by atoms with Crippen LogP contribution in [-0.4, -0.2) is 14.9 Å². The maximum atomic E-state index is 11.7. The van der Waals surface area contributed by atoms with E-state index >= 15 is 0 Å². The molecule has 1 atom stereocenters. The number of nitrogens with zero attached hydrogens (tertiary/aromatic N) is 3. The van der Waals surface area contributed by atoms with Crippen molar-refractivity contribution < 1.29 is 9.84 Å². The van der Waals surface area contributed by atoms with Gasteiger partial charge in [-0.2, -0.15) is 0 Å². The summed E-state index contributed by atoms with van der Waals surface area (Å²) in [6.45, 7) is 4.17. The number of nitrogens with two attached hydrogens (primary N) is 1. The molecule has 2 heterocycles. The molecule has 4 N–H and O–H groups in total. The van der Waals surface area contributed by atoms with Gasteiger partial charge in [0.15, 0.2) is 0 Å². The van der Waals surface area contributed by atoms with Crippen LogP contribution in [0.15, 0.2) is 17.6 Å². The molecule has 1 aromatic rings. The van der Waals surface area contributed by atoms with Gasteiger partial charge in [-0.1, -0.05) is 50.6 Å². The van der Waals surface area contributed by atoms with Crippen LogP contribution in [0.3, 0.4) is 0 Å². The van der Waals surface area contributed by atoms with Gasteiger partial charge in [0, 0.05) is 5.57 Å². The number of nitrogens with one attached hydrogen (secondary N) is 1. The van der Waals surface area contributed by atoms with Crippen LogP contribution in [0.1, 0.15) is 65.2 Å². The van der Waals surface area contributed by atoms with Crippen LogP contribution in [0.5, 0.6) is 0 Å². The van der Waals surface area contributed by atoms with Gasteiger partial charge in [-0.15, -0.1) is 0 Å². The zero-order valence-electron chi connectivity index (χ0n) is 13.5. The molecule has 7 heteroatoms. The van der Waals surface area contributed by atoms with Crippen molar-refractivity contribution in [3.63, 3.8) is 0 Å². The van der Waals surface area contributed by atoms with E-state index in [0.29, 0.717) is 17.6 Å². The van der Waals surface area contributed by atoms with E-state index in [9.17, 15) is 10.3 Å². The molecule has 0 spiro atoms. The molecule has 0 radical (unpaired) electrons. The maximum Gasteiger partial charge on any atom is 0.352 e. The van der Waals surface area contributed by atoms with Gasteiger partial charge in [-0.05, 0) is 24.4 Å². The number of rotatable bonds is 8. The Bertz CT molecular complexity index is 536. The molecule has 0 fully saturated rings. The highest BCUT2D eigenvalue weighted by Crippen LogP contribution is 2.33. The van der Waals surface area contributed by atoms with E-state index in [2.05, 4.69) is 17.3 Å². The van der Waals surface area contributed by atoms with Gasteiger partial charge in [0.1, 0.15) is 0 Å². The maximum absolute atomic E-state index is 11.7. The molecule has 1 aromatic heterocycles. The second-order valence-corrected chi connectivity index (χ2v) is 5.87. The van der Waals surface area contributed by atoms with Gasteiger partial charge in [0.2, 0.25) is 6.33 Å². The zero-order chi connectivity index (χ0) is 16.2. The molecule has 124 valence electrons. The second kappa shape index (κ2) is 7.11. The predicted molar refractivity (Wildman–Crippen MR) is 84.5 cm³/mol. The van der Waals surface area contributed by atoms with Crippen LogP contribution in [0.2, 0.25) is 0 Å². The van der Waals surface area contributed by atoms with Crippen molar-refractivity contribution in [3.05, 3.63) is 22.8 Å². The molecule has 22 heavy (non-hydrogen) atoms. The van der Waals surface area contributed by atoms with Gasteiger partial charge in [-0.3, -0.25) is 11.1 Å². The Morgan fingerprint density at radius 1 is 1.32 bits per heavy atom. The van der Waals surface area contributed by atoms with Crippen molar-refractivity contribution in [3.8, 4) is 0 Å². The first-order valence-corrected chi connectivity index (χ1v) is 8.20. The third kappa shape index (κ3) is 3.25. The Kier molecular flexibility index (Phi) is 5.42. The number of anilines is 1. The molecular weight excluding hydrogens is 282 g/mol. The normalized spacial score (nSPS) is 20.9. The van der Waals surface area contributed by atoms with Crippen molar-refractivity contribution in [1.29, 1.82) is 0 Å². The summed E-state index contributed by atoms with van der Waals surface area (Å²) in [6.07, 6.45) is 9.51. The van der Waals surface area contributed by atoms with E-state index in [1.54, 1.807) is 0 Å². The Balaban J connectivity index is 2.06. The minimum atomic E-state index is -1.73. The molecular formula is C15H27N5O2. The molecule has 1 unspecified atom stereocenters. The van der Waals surface area contributed by atoms with Gasteiger partial charge >= 0.3 is 5.95 Å². The number of hydrogen-bond donors (Lipinski definition) is 3. The van der Waals surface area contributed by atoms with Crippen LogP contribution in [-0.2, 0) is 5.85 Å². The number of aliphatic hydroxyl groups is 1. The molecule has 1 aliphatic heterocycles. The highest BCUT2D eigenvalue weighted by molar-refractivity contribution is 5.41. The summed E-state index contributed by atoms with van der Waals surface area (Å²) < 4.78 is 1.74. The van der Waals surface area contributed by atoms with Crippen molar-refractivity contribution in [2.75, 3.05) is 5.32 Å². The van der Waals surface area contributed by atoms with Crippen LogP contribution in [0.25, 0.3) is 0 Å². The van der Waals surface area contributed by atoms with Gasteiger partial charge < -0.3 is 10.3 Å². The van der Waals surface area contributed by atoms with Gasteiger partial charge in [0.05, 0.1) is 5.70 Å². The average Bonchev–Trinajstić information content (AvgIpc) is 2.86. The summed E-state index contributed by atoms with van der Waals surface area (Å²) in [5.41, 5.74) is 7.62. The number of aromatic nitrogens is 3. The summed E-state index contributed by atoms with van der Waals surface area (Å²) in [5.74, 6) is -1.57. The van der Waals surface area contributed by atoms with Crippen molar-refractivity contribution in [1.82, 2.24) is 9.78 Å². The lowest BCUT2D eigenvalue weighted by atomic mass is 9.97. The monoisotopic (exact) mass is 309 g/mol. The minimum absolute atomic E-state index is 0.161. The topological polar surface area (TPSA) is 103 Å². The largest absolute Gasteiger partial charge is 0.754 e. The highest BCUT2D eigenvalue weighted by atomic mass is 16.5. The predicted octanol–water partition coefficient (Wildman–Crippen LogP) is 1.92. The Morgan fingerprint density at radius 2 is 2.00 bits per heavy atom. The third-order valence-corrected chi connectivity index (χ3v) is 4.21. The second-order valence-electron chi connectivity index (χ2n) is 5.87. The van der Waals surface area contributed by atoms with Gasteiger partial charge in [-0.25, -0.2) is 4.73 Å². The first-order chi connectivity index (χ1) is 10.5. The molecule has 2 rings (SSSR count). The molecule has 0 amide bonds. The lowest BCUT2D eigenvalue weighted by Gasteiger charge is -2.30. The molecule has 0 aromatic carbocycles.